The molecule has 9 heteroatoms. The van der Waals surface area contributed by atoms with Crippen LogP contribution in [-0.4, -0.2) is 47.9 Å². The van der Waals surface area contributed by atoms with Gasteiger partial charge in [-0.15, -0.1) is 0 Å². The van der Waals surface area contributed by atoms with Crippen molar-refractivity contribution in [2.45, 2.75) is 15.8 Å². The van der Waals surface area contributed by atoms with Crippen molar-refractivity contribution in [2.24, 2.45) is 5.14 Å². The van der Waals surface area contributed by atoms with Crippen LogP contribution in [0.5, 0.6) is 0 Å². The average molecular weight is 305 g/mol. The summed E-state index contributed by atoms with van der Waals surface area (Å²) in [5.74, 6) is 0. The van der Waals surface area contributed by atoms with Crippen LogP contribution in [0.3, 0.4) is 0 Å². The Morgan fingerprint density at radius 2 is 1.68 bits per heavy atom. The first-order valence-corrected chi connectivity index (χ1v) is 8.56. The second-order valence-electron chi connectivity index (χ2n) is 4.53. The molecule has 0 aliphatic carbocycles. The van der Waals surface area contributed by atoms with E-state index in [1.54, 1.807) is 0 Å². The summed E-state index contributed by atoms with van der Waals surface area (Å²) in [6.07, 6.45) is 0. The molecule has 0 aromatic heterocycles. The molecule has 0 saturated carbocycles. The van der Waals surface area contributed by atoms with Gasteiger partial charge in [0.15, 0.2) is 0 Å². The highest BCUT2D eigenvalue weighted by molar-refractivity contribution is 7.92. The molecule has 1 fully saturated rings. The minimum absolute atomic E-state index is 0.205. The predicted octanol–water partition coefficient (Wildman–Crippen LogP) is -1.07. The van der Waals surface area contributed by atoms with E-state index in [9.17, 15) is 16.8 Å². The zero-order valence-electron chi connectivity index (χ0n) is 10.3. The van der Waals surface area contributed by atoms with E-state index in [0.29, 0.717) is 13.1 Å². The van der Waals surface area contributed by atoms with E-state index in [1.807, 2.05) is 11.9 Å². The van der Waals surface area contributed by atoms with Crippen molar-refractivity contribution in [1.82, 2.24) is 9.62 Å². The number of rotatable bonds is 4. The second-order valence-corrected chi connectivity index (χ2v) is 7.74. The largest absolute Gasteiger partial charge is 0.303 e. The average Bonchev–Trinajstić information content (AvgIpc) is 2.25. The maximum atomic E-state index is 12.2. The Balaban J connectivity index is 2.36. The third kappa shape index (κ3) is 3.12. The van der Waals surface area contributed by atoms with Crippen LogP contribution in [0.25, 0.3) is 0 Å². The highest BCUT2D eigenvalue weighted by Gasteiger charge is 2.31. The summed E-state index contributed by atoms with van der Waals surface area (Å²) >= 11 is 0. The molecule has 1 saturated heterocycles. The number of benzene rings is 1. The number of likely N-dealkylation sites (N-methyl/N-ethyl adjacent to an activating group) is 1. The molecule has 0 spiro atoms. The van der Waals surface area contributed by atoms with Crippen LogP contribution in [0.15, 0.2) is 34.1 Å². The first-order valence-electron chi connectivity index (χ1n) is 5.53. The fraction of sp³-hybridized carbons (Fsp3) is 0.400. The first kappa shape index (κ1) is 14.4. The van der Waals surface area contributed by atoms with Crippen LogP contribution in [-0.2, 0) is 20.0 Å². The SMILES string of the molecule is CN1CC(NS(=O)(=O)c2ccccc2S(N)(=O)=O)C1. The normalized spacial score (nSPS) is 18.2. The maximum absolute atomic E-state index is 12.2. The zero-order chi connectivity index (χ0) is 14.3. The van der Waals surface area contributed by atoms with Crippen LogP contribution in [0.2, 0.25) is 0 Å². The molecule has 0 bridgehead atoms. The molecule has 1 aromatic carbocycles. The van der Waals surface area contributed by atoms with Crippen molar-refractivity contribution in [3.63, 3.8) is 0 Å². The second kappa shape index (κ2) is 4.84. The van der Waals surface area contributed by atoms with Gasteiger partial charge >= 0.3 is 0 Å². The Bertz CT molecular complexity index is 678. The highest BCUT2D eigenvalue weighted by atomic mass is 32.2. The summed E-state index contributed by atoms with van der Waals surface area (Å²) < 4.78 is 49.6. The Kier molecular flexibility index (Phi) is 3.67. The van der Waals surface area contributed by atoms with Crippen molar-refractivity contribution >= 4 is 20.0 Å². The number of nitrogens with one attached hydrogen (secondary N) is 1. The van der Waals surface area contributed by atoms with E-state index in [4.69, 9.17) is 5.14 Å². The van der Waals surface area contributed by atoms with Crippen LogP contribution in [0.4, 0.5) is 0 Å². The lowest BCUT2D eigenvalue weighted by Crippen LogP contribution is -2.57. The van der Waals surface area contributed by atoms with Gasteiger partial charge in [0.25, 0.3) is 0 Å². The molecule has 1 aliphatic rings. The van der Waals surface area contributed by atoms with Gasteiger partial charge < -0.3 is 4.90 Å². The number of hydrogen-bond acceptors (Lipinski definition) is 5. The number of nitrogens with zero attached hydrogens (tertiary/aromatic N) is 1. The fourth-order valence-electron chi connectivity index (χ4n) is 1.96. The molecule has 1 aromatic rings. The minimum Gasteiger partial charge on any atom is -0.303 e. The van der Waals surface area contributed by atoms with Gasteiger partial charge in [-0.05, 0) is 19.2 Å². The van der Waals surface area contributed by atoms with Gasteiger partial charge in [-0.3, -0.25) is 0 Å². The molecule has 0 atom stereocenters. The van der Waals surface area contributed by atoms with Crippen molar-refractivity contribution in [3.05, 3.63) is 24.3 Å². The summed E-state index contributed by atoms with van der Waals surface area (Å²) in [5.41, 5.74) is 0. The molecule has 0 amide bonds. The Hall–Kier alpha value is -1.00. The number of hydrogen-bond donors (Lipinski definition) is 2. The molecule has 0 radical (unpaired) electrons. The Labute approximate surface area is 112 Å². The van der Waals surface area contributed by atoms with Gasteiger partial charge in [0.1, 0.15) is 9.79 Å². The topological polar surface area (TPSA) is 110 Å². The number of primary sulfonamides is 1. The fourth-order valence-corrected chi connectivity index (χ4v) is 4.56. The third-order valence-corrected chi connectivity index (χ3v) is 5.51. The summed E-state index contributed by atoms with van der Waals surface area (Å²) in [6.45, 7) is 1.19. The zero-order valence-corrected chi connectivity index (χ0v) is 11.9. The molecule has 1 aliphatic heterocycles. The molecule has 7 nitrogen and oxygen atoms in total. The summed E-state index contributed by atoms with van der Waals surface area (Å²) in [4.78, 5) is 1.24. The molecule has 0 unspecified atom stereocenters. The number of likely N-dealkylation sites (tertiary alicyclic amines) is 1. The van der Waals surface area contributed by atoms with Gasteiger partial charge in [-0.2, -0.15) is 0 Å². The molecule has 1 heterocycles. The van der Waals surface area contributed by atoms with Gasteiger partial charge in [0, 0.05) is 19.1 Å². The summed E-state index contributed by atoms with van der Waals surface area (Å²) in [5, 5.41) is 5.03. The molecule has 106 valence electrons. The third-order valence-electron chi connectivity index (χ3n) is 2.83. The van der Waals surface area contributed by atoms with Crippen molar-refractivity contribution in [1.29, 1.82) is 0 Å². The lowest BCUT2D eigenvalue weighted by Gasteiger charge is -2.36. The monoisotopic (exact) mass is 305 g/mol. The van der Waals surface area contributed by atoms with Crippen molar-refractivity contribution < 1.29 is 16.8 Å². The highest BCUT2D eigenvalue weighted by Crippen LogP contribution is 2.20. The molecular formula is C10H15N3O4S2. The number of sulfonamides is 2. The van der Waals surface area contributed by atoms with Gasteiger partial charge in [0.05, 0.1) is 0 Å². The van der Waals surface area contributed by atoms with Crippen LogP contribution < -0.4 is 9.86 Å². The van der Waals surface area contributed by atoms with Crippen LogP contribution in [0.1, 0.15) is 0 Å². The molecule has 3 N–H and O–H groups in total. The van der Waals surface area contributed by atoms with E-state index in [2.05, 4.69) is 4.72 Å². The quantitative estimate of drug-likeness (QED) is 0.736. The van der Waals surface area contributed by atoms with Gasteiger partial charge in [-0.1, -0.05) is 12.1 Å². The lowest BCUT2D eigenvalue weighted by atomic mass is 10.2. The van der Waals surface area contributed by atoms with E-state index in [1.165, 1.54) is 24.3 Å². The standard InChI is InChI=1S/C10H15N3O4S2/c1-13-6-8(7-13)12-19(16,17)10-5-3-2-4-9(10)18(11,14)15/h2-5,8,12H,6-7H2,1H3,(H2,11,14,15). The minimum atomic E-state index is -4.08. The van der Waals surface area contributed by atoms with E-state index in [0.717, 1.165) is 0 Å². The Morgan fingerprint density at radius 3 is 2.16 bits per heavy atom. The summed E-state index contributed by atoms with van der Waals surface area (Å²) in [6, 6.07) is 5.08. The van der Waals surface area contributed by atoms with Crippen LogP contribution >= 0.6 is 0 Å². The van der Waals surface area contributed by atoms with Crippen LogP contribution in [0, 0.1) is 0 Å². The maximum Gasteiger partial charge on any atom is 0.242 e. The Morgan fingerprint density at radius 1 is 1.16 bits per heavy atom. The summed E-state index contributed by atoms with van der Waals surface area (Å²) in [7, 11) is -6.11. The van der Waals surface area contributed by atoms with Gasteiger partial charge in [0.2, 0.25) is 20.0 Å². The van der Waals surface area contributed by atoms with Gasteiger partial charge in [-0.25, -0.2) is 26.7 Å². The first-order chi connectivity index (χ1) is 8.70. The van der Waals surface area contributed by atoms with E-state index >= 15 is 0 Å². The van der Waals surface area contributed by atoms with E-state index in [-0.39, 0.29) is 10.9 Å². The predicted molar refractivity (Wildman–Crippen MR) is 69.4 cm³/mol. The molecule has 2 rings (SSSR count). The van der Waals surface area contributed by atoms with Crippen molar-refractivity contribution in [2.75, 3.05) is 20.1 Å². The number of nitrogens with two attached hydrogens (primary N) is 1. The molecule has 19 heavy (non-hydrogen) atoms. The lowest BCUT2D eigenvalue weighted by molar-refractivity contribution is 0.180. The smallest absolute Gasteiger partial charge is 0.242 e. The van der Waals surface area contributed by atoms with Crippen molar-refractivity contribution in [3.8, 4) is 0 Å². The molecular weight excluding hydrogens is 290 g/mol. The van der Waals surface area contributed by atoms with E-state index < -0.39 is 24.9 Å².